The Bertz CT molecular complexity index is 517. The van der Waals surface area contributed by atoms with E-state index in [4.69, 9.17) is 5.11 Å². The third-order valence-electron chi connectivity index (χ3n) is 3.23. The second kappa shape index (κ2) is 5.77. The lowest BCUT2D eigenvalue weighted by Gasteiger charge is -2.16. The predicted octanol–water partition coefficient (Wildman–Crippen LogP) is 1.93. The van der Waals surface area contributed by atoms with Crippen molar-refractivity contribution in [2.45, 2.75) is 12.8 Å². The highest BCUT2D eigenvalue weighted by Crippen LogP contribution is 2.24. The summed E-state index contributed by atoms with van der Waals surface area (Å²) in [6, 6.07) is 4.82. The van der Waals surface area contributed by atoms with Crippen LogP contribution in [-0.4, -0.2) is 40.1 Å². The fraction of sp³-hybridized carbons (Fsp3) is 0.385. The maximum atomic E-state index is 12.2. The van der Waals surface area contributed by atoms with Crippen LogP contribution >= 0.6 is 22.6 Å². The van der Waals surface area contributed by atoms with E-state index in [1.165, 1.54) is 6.07 Å². The van der Waals surface area contributed by atoms with Crippen LogP contribution in [0.2, 0.25) is 0 Å². The quantitative estimate of drug-likeness (QED) is 0.792. The number of hydrogen-bond acceptors (Lipinski definition) is 3. The lowest BCUT2D eigenvalue weighted by Crippen LogP contribution is -2.29. The Morgan fingerprint density at radius 3 is 2.79 bits per heavy atom. The van der Waals surface area contributed by atoms with Crippen LogP contribution in [0.15, 0.2) is 18.2 Å². The van der Waals surface area contributed by atoms with Crippen LogP contribution in [0.5, 0.6) is 5.75 Å². The van der Waals surface area contributed by atoms with Crippen molar-refractivity contribution in [1.29, 1.82) is 0 Å². The van der Waals surface area contributed by atoms with Crippen molar-refractivity contribution in [3.05, 3.63) is 27.3 Å². The SMILES string of the molecule is O=C(O)CC1CCN(C(=O)c2ccc(I)c(O)c2)C1. The summed E-state index contributed by atoms with van der Waals surface area (Å²) < 4.78 is 0.694. The fourth-order valence-corrected chi connectivity index (χ4v) is 2.59. The van der Waals surface area contributed by atoms with Crippen LogP contribution in [0.3, 0.4) is 0 Å². The van der Waals surface area contributed by atoms with Crippen LogP contribution in [0.4, 0.5) is 0 Å². The summed E-state index contributed by atoms with van der Waals surface area (Å²) in [5.41, 5.74) is 0.439. The number of phenolic OH excluding ortho intramolecular Hbond substituents is 1. The Labute approximate surface area is 124 Å². The van der Waals surface area contributed by atoms with E-state index in [0.717, 1.165) is 0 Å². The molecule has 5 nitrogen and oxygen atoms in total. The number of carboxylic acid groups (broad SMARTS) is 1. The van der Waals surface area contributed by atoms with Crippen molar-refractivity contribution in [1.82, 2.24) is 4.90 Å². The standard InChI is InChI=1S/C13H14INO4/c14-10-2-1-9(6-11(10)16)13(19)15-4-3-8(7-15)5-12(17)18/h1-2,6,8,16H,3-5,7H2,(H,17,18). The molecule has 0 radical (unpaired) electrons. The zero-order chi connectivity index (χ0) is 14.0. The van der Waals surface area contributed by atoms with Gasteiger partial charge in [0.15, 0.2) is 0 Å². The summed E-state index contributed by atoms with van der Waals surface area (Å²) in [6.07, 6.45) is 0.816. The van der Waals surface area contributed by atoms with Gasteiger partial charge in [-0.25, -0.2) is 0 Å². The van der Waals surface area contributed by atoms with E-state index >= 15 is 0 Å². The maximum Gasteiger partial charge on any atom is 0.303 e. The molecule has 1 unspecified atom stereocenters. The highest BCUT2D eigenvalue weighted by Gasteiger charge is 2.28. The van der Waals surface area contributed by atoms with Crippen LogP contribution in [0.1, 0.15) is 23.2 Å². The summed E-state index contributed by atoms with van der Waals surface area (Å²) in [5.74, 6) is -0.863. The molecule has 0 spiro atoms. The van der Waals surface area contributed by atoms with Gasteiger partial charge in [0.25, 0.3) is 5.91 Å². The Hall–Kier alpha value is -1.31. The topological polar surface area (TPSA) is 77.8 Å². The zero-order valence-corrected chi connectivity index (χ0v) is 12.3. The number of benzene rings is 1. The molecule has 2 rings (SSSR count). The minimum absolute atomic E-state index is 0.0268. The van der Waals surface area contributed by atoms with Crippen molar-refractivity contribution >= 4 is 34.5 Å². The Balaban J connectivity index is 2.04. The van der Waals surface area contributed by atoms with Gasteiger partial charge in [-0.2, -0.15) is 0 Å². The normalized spacial score (nSPS) is 18.6. The molecular formula is C13H14INO4. The highest BCUT2D eigenvalue weighted by molar-refractivity contribution is 14.1. The van der Waals surface area contributed by atoms with Gasteiger partial charge in [0, 0.05) is 25.1 Å². The molecule has 1 saturated heterocycles. The van der Waals surface area contributed by atoms with E-state index in [1.807, 2.05) is 22.6 Å². The smallest absolute Gasteiger partial charge is 0.303 e. The first kappa shape index (κ1) is 14.1. The number of aliphatic carboxylic acids is 1. The number of nitrogens with zero attached hydrogens (tertiary/aromatic N) is 1. The molecule has 0 aromatic heterocycles. The molecule has 102 valence electrons. The molecule has 1 fully saturated rings. The average Bonchev–Trinajstić information content (AvgIpc) is 2.79. The van der Waals surface area contributed by atoms with E-state index in [9.17, 15) is 14.7 Å². The van der Waals surface area contributed by atoms with Gasteiger partial charge in [-0.15, -0.1) is 0 Å². The third-order valence-corrected chi connectivity index (χ3v) is 4.14. The average molecular weight is 375 g/mol. The molecule has 19 heavy (non-hydrogen) atoms. The van der Waals surface area contributed by atoms with Gasteiger partial charge in [0.05, 0.1) is 3.57 Å². The summed E-state index contributed by atoms with van der Waals surface area (Å²) in [4.78, 5) is 24.5. The zero-order valence-electron chi connectivity index (χ0n) is 10.2. The van der Waals surface area contributed by atoms with E-state index in [-0.39, 0.29) is 24.0 Å². The summed E-state index contributed by atoms with van der Waals surface area (Å²) in [6.45, 7) is 1.04. The van der Waals surface area contributed by atoms with Gasteiger partial charge in [-0.1, -0.05) is 0 Å². The molecule has 0 bridgehead atoms. The van der Waals surface area contributed by atoms with E-state index in [2.05, 4.69) is 0 Å². The molecule has 1 atom stereocenters. The number of hydrogen-bond donors (Lipinski definition) is 2. The van der Waals surface area contributed by atoms with Gasteiger partial charge in [-0.05, 0) is 53.1 Å². The van der Waals surface area contributed by atoms with Crippen LogP contribution in [-0.2, 0) is 4.79 Å². The first-order chi connectivity index (χ1) is 8.97. The number of phenols is 1. The van der Waals surface area contributed by atoms with Crippen LogP contribution < -0.4 is 0 Å². The molecule has 1 amide bonds. The number of likely N-dealkylation sites (tertiary alicyclic amines) is 1. The minimum atomic E-state index is -0.828. The lowest BCUT2D eigenvalue weighted by atomic mass is 10.1. The Morgan fingerprint density at radius 2 is 2.16 bits per heavy atom. The number of halogens is 1. The number of rotatable bonds is 3. The number of carboxylic acids is 1. The maximum absolute atomic E-state index is 12.2. The van der Waals surface area contributed by atoms with Crippen molar-refractivity contribution in [2.24, 2.45) is 5.92 Å². The van der Waals surface area contributed by atoms with Gasteiger partial charge in [0.1, 0.15) is 5.75 Å². The third kappa shape index (κ3) is 3.37. The fourth-order valence-electron chi connectivity index (χ4n) is 2.26. The van der Waals surface area contributed by atoms with Crippen LogP contribution in [0, 0.1) is 9.49 Å². The van der Waals surface area contributed by atoms with E-state index in [0.29, 0.717) is 28.6 Å². The van der Waals surface area contributed by atoms with Gasteiger partial charge < -0.3 is 15.1 Å². The van der Waals surface area contributed by atoms with Crippen molar-refractivity contribution in [3.8, 4) is 5.75 Å². The molecule has 2 N–H and O–H groups in total. The van der Waals surface area contributed by atoms with Gasteiger partial charge in [0.2, 0.25) is 0 Å². The Kier molecular flexibility index (Phi) is 4.28. The number of carbonyl (C=O) groups is 2. The number of aromatic hydroxyl groups is 1. The largest absolute Gasteiger partial charge is 0.507 e. The molecule has 0 saturated carbocycles. The highest BCUT2D eigenvalue weighted by atomic mass is 127. The summed E-state index contributed by atoms with van der Waals surface area (Å²) in [7, 11) is 0. The number of amides is 1. The molecule has 6 heteroatoms. The summed E-state index contributed by atoms with van der Waals surface area (Å²) >= 11 is 1.99. The minimum Gasteiger partial charge on any atom is -0.507 e. The second-order valence-electron chi connectivity index (χ2n) is 4.67. The van der Waals surface area contributed by atoms with Crippen molar-refractivity contribution < 1.29 is 19.8 Å². The molecule has 0 aliphatic carbocycles. The van der Waals surface area contributed by atoms with E-state index < -0.39 is 5.97 Å². The predicted molar refractivity (Wildman–Crippen MR) is 77.1 cm³/mol. The number of carbonyl (C=O) groups excluding carboxylic acids is 1. The molecule has 1 aliphatic rings. The second-order valence-corrected chi connectivity index (χ2v) is 5.83. The summed E-state index contributed by atoms with van der Waals surface area (Å²) in [5, 5.41) is 18.4. The molecule has 1 aromatic carbocycles. The monoisotopic (exact) mass is 375 g/mol. The lowest BCUT2D eigenvalue weighted by molar-refractivity contribution is -0.138. The molecule has 1 aromatic rings. The first-order valence-electron chi connectivity index (χ1n) is 5.97. The first-order valence-corrected chi connectivity index (χ1v) is 7.05. The van der Waals surface area contributed by atoms with Crippen molar-refractivity contribution in [2.75, 3.05) is 13.1 Å². The van der Waals surface area contributed by atoms with Gasteiger partial charge in [-0.3, -0.25) is 9.59 Å². The Morgan fingerprint density at radius 1 is 1.42 bits per heavy atom. The van der Waals surface area contributed by atoms with Crippen molar-refractivity contribution in [3.63, 3.8) is 0 Å². The van der Waals surface area contributed by atoms with E-state index in [1.54, 1.807) is 17.0 Å². The van der Waals surface area contributed by atoms with Crippen LogP contribution in [0.25, 0.3) is 0 Å². The molecule has 1 heterocycles. The molecular weight excluding hydrogens is 361 g/mol. The molecule has 1 aliphatic heterocycles. The van der Waals surface area contributed by atoms with Gasteiger partial charge >= 0.3 is 5.97 Å².